The Morgan fingerprint density at radius 1 is 1.28 bits per heavy atom. The van der Waals surface area contributed by atoms with Crippen molar-refractivity contribution in [3.63, 3.8) is 0 Å². The number of amides is 1. The molecule has 1 atom stereocenters. The summed E-state index contributed by atoms with van der Waals surface area (Å²) in [6.45, 7) is 3.53. The highest BCUT2D eigenvalue weighted by Gasteiger charge is 2.31. The van der Waals surface area contributed by atoms with Gasteiger partial charge in [-0.2, -0.15) is 18.2 Å². The molecule has 12 heteroatoms. The molecule has 0 spiro atoms. The largest absolute Gasteiger partial charge is 0.609 e. The lowest BCUT2D eigenvalue weighted by Gasteiger charge is -2.19. The third kappa shape index (κ3) is 7.11. The highest BCUT2D eigenvalue weighted by atomic mass is 32.2. The van der Waals surface area contributed by atoms with Gasteiger partial charge in [0.2, 0.25) is 0 Å². The summed E-state index contributed by atoms with van der Waals surface area (Å²) in [4.78, 5) is 23.4. The topological polar surface area (TPSA) is 92.5 Å². The first kappa shape index (κ1) is 27.8. The minimum atomic E-state index is -4.49. The molecule has 0 saturated heterocycles. The van der Waals surface area contributed by atoms with Crippen LogP contribution in [0.2, 0.25) is 0 Å². The summed E-state index contributed by atoms with van der Waals surface area (Å²) in [6, 6.07) is 7.85. The SMILES string of the molecule is CCOCC[CH]CN(C)C(=O)n1c([S@+]([O-])Cc2nccc(OCC(F)(F)F)c2C)nc2ccccc21. The van der Waals surface area contributed by atoms with Gasteiger partial charge in [0.15, 0.2) is 12.4 Å². The summed E-state index contributed by atoms with van der Waals surface area (Å²) in [5.74, 6) is -0.156. The first-order valence-electron chi connectivity index (χ1n) is 11.3. The van der Waals surface area contributed by atoms with Gasteiger partial charge in [-0.1, -0.05) is 12.1 Å². The number of hydrogen-bond acceptors (Lipinski definition) is 6. The first-order valence-corrected chi connectivity index (χ1v) is 12.6. The van der Waals surface area contributed by atoms with Crippen LogP contribution in [0, 0.1) is 13.3 Å². The molecule has 0 aliphatic heterocycles. The van der Waals surface area contributed by atoms with E-state index in [2.05, 4.69) is 9.97 Å². The summed E-state index contributed by atoms with van der Waals surface area (Å²) in [7, 11) is 1.63. The van der Waals surface area contributed by atoms with E-state index in [1.54, 1.807) is 38.2 Å². The van der Waals surface area contributed by atoms with Crippen LogP contribution in [0.4, 0.5) is 18.0 Å². The van der Waals surface area contributed by atoms with Gasteiger partial charge in [0.25, 0.3) is 0 Å². The molecule has 8 nitrogen and oxygen atoms in total. The van der Waals surface area contributed by atoms with Crippen molar-refractivity contribution in [3.8, 4) is 5.75 Å². The molecular formula is C24H28F3N4O4S. The predicted molar refractivity (Wildman–Crippen MR) is 129 cm³/mol. The highest BCUT2D eigenvalue weighted by Crippen LogP contribution is 2.27. The Labute approximate surface area is 210 Å². The Balaban J connectivity index is 1.83. The molecule has 0 aliphatic rings. The zero-order chi connectivity index (χ0) is 26.3. The van der Waals surface area contributed by atoms with Gasteiger partial charge >= 0.3 is 17.4 Å². The summed E-state index contributed by atoms with van der Waals surface area (Å²) < 4.78 is 62.6. The third-order valence-electron chi connectivity index (χ3n) is 5.24. The maximum absolute atomic E-state index is 13.4. The number of nitrogens with zero attached hydrogens (tertiary/aromatic N) is 4. The van der Waals surface area contributed by atoms with E-state index < -0.39 is 30.0 Å². The van der Waals surface area contributed by atoms with E-state index in [-0.39, 0.29) is 22.4 Å². The van der Waals surface area contributed by atoms with E-state index in [1.807, 2.05) is 13.3 Å². The van der Waals surface area contributed by atoms with Gasteiger partial charge in [-0.3, -0.25) is 4.98 Å². The van der Waals surface area contributed by atoms with Crippen LogP contribution in [0.25, 0.3) is 11.0 Å². The Morgan fingerprint density at radius 2 is 2.03 bits per heavy atom. The number of carbonyl (C=O) groups is 1. The summed E-state index contributed by atoms with van der Waals surface area (Å²) in [5.41, 5.74) is 1.62. The lowest BCUT2D eigenvalue weighted by Crippen LogP contribution is -2.34. The molecule has 2 aromatic heterocycles. The van der Waals surface area contributed by atoms with Crippen LogP contribution in [0.3, 0.4) is 0 Å². The molecule has 3 aromatic rings. The number of alkyl halides is 3. The van der Waals surface area contributed by atoms with Crippen molar-refractivity contribution in [2.24, 2.45) is 0 Å². The molecule has 0 bridgehead atoms. The zero-order valence-corrected chi connectivity index (χ0v) is 21.1. The molecule has 0 aliphatic carbocycles. The van der Waals surface area contributed by atoms with Crippen LogP contribution >= 0.6 is 0 Å². The number of fused-ring (bicyclic) bond motifs is 1. The van der Waals surface area contributed by atoms with E-state index in [1.165, 1.54) is 21.7 Å². The Bertz CT molecular complexity index is 1170. The summed E-state index contributed by atoms with van der Waals surface area (Å²) in [6.07, 6.45) is -0.600. The number of imidazole rings is 1. The second-order valence-electron chi connectivity index (χ2n) is 7.93. The molecule has 0 saturated carbocycles. The average Bonchev–Trinajstić information content (AvgIpc) is 3.23. The van der Waals surface area contributed by atoms with Crippen LogP contribution < -0.4 is 4.74 Å². The van der Waals surface area contributed by atoms with Crippen molar-refractivity contribution in [1.82, 2.24) is 19.4 Å². The molecule has 1 aromatic carbocycles. The van der Waals surface area contributed by atoms with E-state index in [9.17, 15) is 22.5 Å². The number of ether oxygens (including phenoxy) is 2. The number of aromatic nitrogens is 3. The van der Waals surface area contributed by atoms with Crippen molar-refractivity contribution >= 4 is 28.2 Å². The van der Waals surface area contributed by atoms with E-state index >= 15 is 0 Å². The van der Waals surface area contributed by atoms with Crippen LogP contribution in [0.1, 0.15) is 24.6 Å². The molecule has 1 radical (unpaired) electrons. The monoisotopic (exact) mass is 525 g/mol. The number of benzene rings is 1. The van der Waals surface area contributed by atoms with Gasteiger partial charge in [-0.25, -0.2) is 9.36 Å². The summed E-state index contributed by atoms with van der Waals surface area (Å²) >= 11 is -1.83. The number of pyridine rings is 1. The predicted octanol–water partition coefficient (Wildman–Crippen LogP) is 4.52. The van der Waals surface area contributed by atoms with Gasteiger partial charge in [0.05, 0.1) is 16.7 Å². The fourth-order valence-electron chi connectivity index (χ4n) is 3.40. The van der Waals surface area contributed by atoms with Crippen molar-refractivity contribution < 1.29 is 32.0 Å². The number of hydrogen-bond donors (Lipinski definition) is 0. The maximum atomic E-state index is 13.4. The number of carbonyl (C=O) groups excluding carboxylic acids is 1. The fraction of sp³-hybridized carbons (Fsp3) is 0.417. The van der Waals surface area contributed by atoms with Crippen LogP contribution in [0.5, 0.6) is 5.75 Å². The van der Waals surface area contributed by atoms with Crippen molar-refractivity contribution in [1.29, 1.82) is 0 Å². The quantitative estimate of drug-likeness (QED) is 0.270. The average molecular weight is 526 g/mol. The lowest BCUT2D eigenvalue weighted by atomic mass is 10.2. The van der Waals surface area contributed by atoms with Crippen LogP contribution in [-0.4, -0.2) is 69.6 Å². The number of halogens is 3. The summed E-state index contributed by atoms with van der Waals surface area (Å²) in [5, 5.41) is 0.0326. The van der Waals surface area contributed by atoms with Gasteiger partial charge in [0.1, 0.15) is 5.75 Å². The van der Waals surface area contributed by atoms with Crippen molar-refractivity contribution in [2.45, 2.75) is 37.4 Å². The molecule has 0 fully saturated rings. The normalized spacial score (nSPS) is 12.6. The van der Waals surface area contributed by atoms with Crippen LogP contribution in [0.15, 0.2) is 41.7 Å². The van der Waals surface area contributed by atoms with Crippen molar-refractivity contribution in [3.05, 3.63) is 54.2 Å². The molecule has 0 N–H and O–H groups in total. The number of unbranched alkanes of at least 4 members (excludes halogenated alkanes) is 1. The maximum Gasteiger partial charge on any atom is 0.422 e. The highest BCUT2D eigenvalue weighted by molar-refractivity contribution is 7.90. The second-order valence-corrected chi connectivity index (χ2v) is 9.28. The number of para-hydroxylation sites is 2. The first-order chi connectivity index (χ1) is 17.1. The molecule has 2 heterocycles. The minimum Gasteiger partial charge on any atom is -0.609 e. The fourth-order valence-corrected chi connectivity index (χ4v) is 4.64. The molecule has 1 amide bonds. The smallest absolute Gasteiger partial charge is 0.422 e. The molecule has 195 valence electrons. The Hall–Kier alpha value is -2.83. The Morgan fingerprint density at radius 3 is 2.75 bits per heavy atom. The van der Waals surface area contributed by atoms with Gasteiger partial charge in [-0.15, -0.1) is 0 Å². The Kier molecular flexibility index (Phi) is 9.57. The van der Waals surface area contributed by atoms with E-state index in [0.717, 1.165) is 0 Å². The zero-order valence-electron chi connectivity index (χ0n) is 20.2. The molecule has 36 heavy (non-hydrogen) atoms. The van der Waals surface area contributed by atoms with E-state index in [4.69, 9.17) is 9.47 Å². The van der Waals surface area contributed by atoms with E-state index in [0.29, 0.717) is 42.8 Å². The third-order valence-corrected chi connectivity index (χ3v) is 6.46. The van der Waals surface area contributed by atoms with Gasteiger partial charge in [-0.05, 0) is 44.9 Å². The number of rotatable bonds is 11. The van der Waals surface area contributed by atoms with Crippen LogP contribution in [-0.2, 0) is 21.7 Å². The second kappa shape index (κ2) is 12.4. The van der Waals surface area contributed by atoms with Gasteiger partial charge in [0, 0.05) is 49.7 Å². The molecule has 3 rings (SSSR count). The standard InChI is InChI=1S/C24H28F3N4O4S/c1-4-34-14-8-7-13-30(3)23(32)31-20-10-6-5-9-18(20)29-22(31)36(33)15-19-17(2)21(11-12-28-19)35-16-24(25,26)27/h5-7,9-12H,4,8,13-16H2,1-3H3/t36-/m1/s1. The van der Waals surface area contributed by atoms with Gasteiger partial charge < -0.3 is 18.9 Å². The minimum absolute atomic E-state index is 0.00114. The van der Waals surface area contributed by atoms with Crippen molar-refractivity contribution in [2.75, 3.05) is 33.4 Å². The lowest BCUT2D eigenvalue weighted by molar-refractivity contribution is -0.153. The molecule has 0 unspecified atom stereocenters. The molecular weight excluding hydrogens is 497 g/mol.